The fourth-order valence-corrected chi connectivity index (χ4v) is 4.26. The van der Waals surface area contributed by atoms with E-state index in [1.54, 1.807) is 31.2 Å². The average molecular weight is 498 g/mol. The predicted molar refractivity (Wildman–Crippen MR) is 128 cm³/mol. The van der Waals surface area contributed by atoms with Gasteiger partial charge >= 0.3 is 0 Å². The number of halogens is 2. The second-order valence-corrected chi connectivity index (χ2v) is 10.0. The minimum absolute atomic E-state index is 0.0244. The third-order valence-corrected chi connectivity index (χ3v) is 6.40. The highest BCUT2D eigenvalue weighted by Gasteiger charge is 2.30. The van der Waals surface area contributed by atoms with Crippen LogP contribution in [0, 0.1) is 5.82 Å². The number of nitrogens with one attached hydrogen (secondary N) is 1. The normalized spacial score (nSPS) is 12.2. The molecule has 180 valence electrons. The van der Waals surface area contributed by atoms with Gasteiger partial charge in [0.25, 0.3) is 0 Å². The van der Waals surface area contributed by atoms with Crippen molar-refractivity contribution < 1.29 is 22.4 Å². The molecule has 10 heteroatoms. The van der Waals surface area contributed by atoms with Crippen LogP contribution in [0.1, 0.15) is 32.3 Å². The van der Waals surface area contributed by atoms with Crippen LogP contribution in [0.5, 0.6) is 0 Å². The Morgan fingerprint density at radius 2 is 1.85 bits per heavy atom. The van der Waals surface area contributed by atoms with Crippen molar-refractivity contribution >= 4 is 39.1 Å². The Kier molecular flexibility index (Phi) is 9.67. The van der Waals surface area contributed by atoms with Gasteiger partial charge in [0, 0.05) is 18.1 Å². The fourth-order valence-electron chi connectivity index (χ4n) is 3.20. The SMILES string of the molecule is CCCCNC(=O)[C@@H](C)N(Cc1cccc(Cl)c1)C(=O)CN(c1ccccc1F)S(C)(=O)=O. The van der Waals surface area contributed by atoms with Crippen LogP contribution in [0.3, 0.4) is 0 Å². The molecule has 0 aliphatic carbocycles. The van der Waals surface area contributed by atoms with Crippen molar-refractivity contribution in [3.8, 4) is 0 Å². The summed E-state index contributed by atoms with van der Waals surface area (Å²) in [7, 11) is -3.99. The van der Waals surface area contributed by atoms with E-state index in [0.29, 0.717) is 21.4 Å². The van der Waals surface area contributed by atoms with E-state index in [0.717, 1.165) is 25.2 Å². The van der Waals surface area contributed by atoms with Crippen LogP contribution >= 0.6 is 11.6 Å². The molecule has 0 heterocycles. The van der Waals surface area contributed by atoms with Gasteiger partial charge in [-0.05, 0) is 43.2 Å². The van der Waals surface area contributed by atoms with Crippen LogP contribution in [-0.4, -0.2) is 50.5 Å². The van der Waals surface area contributed by atoms with Gasteiger partial charge in [-0.3, -0.25) is 13.9 Å². The van der Waals surface area contributed by atoms with E-state index in [4.69, 9.17) is 11.6 Å². The first-order chi connectivity index (χ1) is 15.5. The third-order valence-electron chi connectivity index (χ3n) is 5.04. The molecule has 1 atom stereocenters. The molecule has 0 unspecified atom stereocenters. The Bertz CT molecular complexity index is 1080. The molecule has 2 rings (SSSR count). The molecule has 2 amide bonds. The van der Waals surface area contributed by atoms with Gasteiger partial charge in [-0.1, -0.05) is 49.2 Å². The smallest absolute Gasteiger partial charge is 0.244 e. The predicted octanol–water partition coefficient (Wildman–Crippen LogP) is 3.58. The van der Waals surface area contributed by atoms with Crippen molar-refractivity contribution in [2.45, 2.75) is 39.3 Å². The summed E-state index contributed by atoms with van der Waals surface area (Å²) in [6.45, 7) is 3.39. The Labute approximate surface area is 199 Å². The molecule has 0 aliphatic heterocycles. The molecular weight excluding hydrogens is 469 g/mol. The summed E-state index contributed by atoms with van der Waals surface area (Å²) in [5, 5.41) is 3.25. The van der Waals surface area contributed by atoms with Crippen LogP contribution in [0.15, 0.2) is 48.5 Å². The van der Waals surface area contributed by atoms with Gasteiger partial charge < -0.3 is 10.2 Å². The van der Waals surface area contributed by atoms with Crippen molar-refractivity contribution in [1.82, 2.24) is 10.2 Å². The molecule has 0 radical (unpaired) electrons. The summed E-state index contributed by atoms with van der Waals surface area (Å²) in [4.78, 5) is 27.3. The van der Waals surface area contributed by atoms with Crippen LogP contribution in [0.25, 0.3) is 0 Å². The number of unbranched alkanes of at least 4 members (excludes halogenated alkanes) is 1. The molecule has 0 aromatic heterocycles. The number of sulfonamides is 1. The first-order valence-corrected chi connectivity index (χ1v) is 12.8. The van der Waals surface area contributed by atoms with Crippen molar-refractivity contribution in [2.75, 3.05) is 23.7 Å². The molecule has 0 aliphatic rings. The molecule has 0 fully saturated rings. The Hall–Kier alpha value is -2.65. The number of hydrogen-bond acceptors (Lipinski definition) is 4. The number of carbonyl (C=O) groups is 2. The molecule has 7 nitrogen and oxygen atoms in total. The van der Waals surface area contributed by atoms with Crippen molar-refractivity contribution in [1.29, 1.82) is 0 Å². The highest BCUT2D eigenvalue weighted by molar-refractivity contribution is 7.92. The molecule has 0 saturated carbocycles. The number of hydrogen-bond donors (Lipinski definition) is 1. The Morgan fingerprint density at radius 1 is 1.15 bits per heavy atom. The lowest BCUT2D eigenvalue weighted by molar-refractivity contribution is -0.139. The second-order valence-electron chi connectivity index (χ2n) is 7.69. The van der Waals surface area contributed by atoms with Crippen molar-refractivity contribution in [3.05, 3.63) is 64.9 Å². The first kappa shape index (κ1) is 26.6. The number of rotatable bonds is 11. The summed E-state index contributed by atoms with van der Waals surface area (Å²) in [5.74, 6) is -1.79. The highest BCUT2D eigenvalue weighted by Crippen LogP contribution is 2.22. The van der Waals surface area contributed by atoms with E-state index in [1.165, 1.54) is 23.1 Å². The summed E-state index contributed by atoms with van der Waals surface area (Å²) < 4.78 is 39.9. The molecule has 2 aromatic carbocycles. The van der Waals surface area contributed by atoms with Crippen LogP contribution in [0.4, 0.5) is 10.1 Å². The second kappa shape index (κ2) is 12.0. The number of amides is 2. The molecule has 1 N–H and O–H groups in total. The Morgan fingerprint density at radius 3 is 2.45 bits per heavy atom. The monoisotopic (exact) mass is 497 g/mol. The zero-order chi connectivity index (χ0) is 24.6. The Balaban J connectivity index is 2.36. The fraction of sp³-hybridized carbons (Fsp3) is 0.391. The molecule has 0 bridgehead atoms. The van der Waals surface area contributed by atoms with Gasteiger partial charge in [-0.15, -0.1) is 0 Å². The van der Waals surface area contributed by atoms with E-state index in [-0.39, 0.29) is 18.1 Å². The van der Waals surface area contributed by atoms with Gasteiger partial charge in [0.05, 0.1) is 11.9 Å². The van der Waals surface area contributed by atoms with Gasteiger partial charge in [-0.25, -0.2) is 12.8 Å². The van der Waals surface area contributed by atoms with Crippen LogP contribution in [0.2, 0.25) is 5.02 Å². The number of carbonyl (C=O) groups excluding carboxylic acids is 2. The number of benzene rings is 2. The largest absolute Gasteiger partial charge is 0.354 e. The molecule has 0 saturated heterocycles. The summed E-state index contributed by atoms with van der Waals surface area (Å²) >= 11 is 6.06. The van der Waals surface area contributed by atoms with Crippen LogP contribution in [-0.2, 0) is 26.2 Å². The minimum Gasteiger partial charge on any atom is -0.354 e. The van der Waals surface area contributed by atoms with Gasteiger partial charge in [0.15, 0.2) is 0 Å². The number of para-hydroxylation sites is 1. The summed E-state index contributed by atoms with van der Waals surface area (Å²) in [6, 6.07) is 11.2. The maximum absolute atomic E-state index is 14.4. The van der Waals surface area contributed by atoms with Gasteiger partial charge in [0.1, 0.15) is 18.4 Å². The summed E-state index contributed by atoms with van der Waals surface area (Å²) in [5.41, 5.74) is 0.428. The number of nitrogens with zero attached hydrogens (tertiary/aromatic N) is 2. The van der Waals surface area contributed by atoms with E-state index in [1.807, 2.05) is 6.92 Å². The summed E-state index contributed by atoms with van der Waals surface area (Å²) in [6.07, 6.45) is 2.58. The van der Waals surface area contributed by atoms with Gasteiger partial charge in [-0.2, -0.15) is 0 Å². The molecule has 33 heavy (non-hydrogen) atoms. The standard InChI is InChI=1S/C23H29ClFN3O4S/c1-4-5-13-26-23(30)17(2)27(15-18-9-8-10-19(24)14-18)22(29)16-28(33(3,31)32)21-12-7-6-11-20(21)25/h6-12,14,17H,4-5,13,15-16H2,1-3H3,(H,26,30)/t17-/m1/s1. The van der Waals surface area contributed by atoms with E-state index in [2.05, 4.69) is 5.32 Å². The lowest BCUT2D eigenvalue weighted by Crippen LogP contribution is -2.51. The third kappa shape index (κ3) is 7.71. The van der Waals surface area contributed by atoms with Crippen LogP contribution < -0.4 is 9.62 Å². The van der Waals surface area contributed by atoms with E-state index < -0.39 is 34.3 Å². The quantitative estimate of drug-likeness (QED) is 0.481. The lowest BCUT2D eigenvalue weighted by atomic mass is 10.1. The lowest BCUT2D eigenvalue weighted by Gasteiger charge is -2.31. The molecule has 0 spiro atoms. The van der Waals surface area contributed by atoms with Crippen molar-refractivity contribution in [2.24, 2.45) is 0 Å². The topological polar surface area (TPSA) is 86.8 Å². The maximum atomic E-state index is 14.4. The van der Waals surface area contributed by atoms with Crippen molar-refractivity contribution in [3.63, 3.8) is 0 Å². The van der Waals surface area contributed by atoms with E-state index in [9.17, 15) is 22.4 Å². The average Bonchev–Trinajstić information content (AvgIpc) is 2.75. The molecular formula is C23H29ClFN3O4S. The first-order valence-electron chi connectivity index (χ1n) is 10.6. The maximum Gasteiger partial charge on any atom is 0.244 e. The number of anilines is 1. The zero-order valence-electron chi connectivity index (χ0n) is 18.9. The highest BCUT2D eigenvalue weighted by atomic mass is 35.5. The van der Waals surface area contributed by atoms with Gasteiger partial charge in [0.2, 0.25) is 21.8 Å². The molecule has 2 aromatic rings. The zero-order valence-corrected chi connectivity index (χ0v) is 20.5. The van der Waals surface area contributed by atoms with E-state index >= 15 is 0 Å². The minimum atomic E-state index is -3.99.